The Hall–Kier alpha value is 0.430. The van der Waals surface area contributed by atoms with E-state index in [2.05, 4.69) is 12.2 Å². The summed E-state index contributed by atoms with van der Waals surface area (Å²) in [5.41, 5.74) is 0. The normalized spacial score (nSPS) is 11.9. The van der Waals surface area contributed by atoms with E-state index < -0.39 is 12.0 Å². The van der Waals surface area contributed by atoms with Crippen LogP contribution in [0.5, 0.6) is 0 Å². The van der Waals surface area contributed by atoms with Gasteiger partial charge in [0.25, 0.3) is 0 Å². The Bertz CT molecular complexity index is 182. The largest absolute Gasteiger partial charge is 1.00 e. The topological polar surface area (TPSA) is 49.3 Å². The predicted octanol–water partition coefficient (Wildman–Crippen LogP) is 0.306. The van der Waals surface area contributed by atoms with E-state index in [1.165, 1.54) is 44.9 Å². The fourth-order valence-electron chi connectivity index (χ4n) is 1.66. The molecule has 0 aromatic carbocycles. The Labute approximate surface area is 130 Å². The summed E-state index contributed by atoms with van der Waals surface area (Å²) in [5.74, 6) is -0.764. The second-order valence-corrected chi connectivity index (χ2v) is 4.49. The molecule has 0 aliphatic rings. The van der Waals surface area contributed by atoms with Crippen LogP contribution in [0, 0.1) is 0 Å². The molecule has 0 saturated carbocycles. The molecule has 0 saturated heterocycles. The van der Waals surface area contributed by atoms with E-state index in [0.717, 1.165) is 13.0 Å². The molecule has 0 unspecified atom stereocenters. The van der Waals surface area contributed by atoms with E-state index in [0.29, 0.717) is 0 Å². The Kier molecular flexibility index (Phi) is 16.8. The van der Waals surface area contributed by atoms with Crippen LogP contribution in [0.1, 0.15) is 66.6 Å². The van der Waals surface area contributed by atoms with Gasteiger partial charge in [-0.25, -0.2) is 0 Å². The summed E-state index contributed by atoms with van der Waals surface area (Å²) in [4.78, 5) is 10.5. The summed E-state index contributed by atoms with van der Waals surface area (Å²) in [6.07, 6.45) is 10.3. The minimum Gasteiger partial charge on any atom is -1.00 e. The van der Waals surface area contributed by atoms with Gasteiger partial charge in [-0.15, -0.1) is 0 Å². The molecule has 0 spiro atoms. The molecule has 0 fully saturated rings. The van der Waals surface area contributed by atoms with Gasteiger partial charge in [-0.05, 0) is 19.9 Å². The summed E-state index contributed by atoms with van der Waals surface area (Å²) in [7, 11) is 0. The molecule has 0 rings (SSSR count). The number of rotatable bonds is 11. The van der Waals surface area contributed by atoms with Gasteiger partial charge >= 0.3 is 35.5 Å². The second kappa shape index (κ2) is 14.5. The van der Waals surface area contributed by atoms with Crippen LogP contribution in [0.3, 0.4) is 0 Å². The fraction of sp³-hybridized carbons (Fsp3) is 0.923. The Morgan fingerprint density at radius 1 is 1.12 bits per heavy atom. The molecule has 0 heterocycles. The number of carbonyl (C=O) groups is 1. The standard InChI is InChI=1S/C13H27NO2.Na.H/c1-3-4-5-6-7-8-9-10-11-14-12(2)13(15)16;;/h12,14H,3-11H2,1-2H3,(H,15,16);;/q;+1;-1/t12-;;/m0../s1. The third kappa shape index (κ3) is 14.4. The van der Waals surface area contributed by atoms with Crippen molar-refractivity contribution in [3.8, 4) is 0 Å². The van der Waals surface area contributed by atoms with Crippen LogP contribution in [-0.2, 0) is 4.79 Å². The van der Waals surface area contributed by atoms with Crippen molar-refractivity contribution >= 4 is 5.97 Å². The Balaban J connectivity index is -0.00000112. The van der Waals surface area contributed by atoms with Crippen LogP contribution in [0.2, 0.25) is 0 Å². The first-order valence-corrected chi connectivity index (χ1v) is 6.64. The second-order valence-electron chi connectivity index (χ2n) is 4.49. The minimum absolute atomic E-state index is 0. The molecular formula is C13H28NNaO2. The van der Waals surface area contributed by atoms with Crippen molar-refractivity contribution in [2.24, 2.45) is 0 Å². The molecule has 4 heteroatoms. The molecule has 17 heavy (non-hydrogen) atoms. The van der Waals surface area contributed by atoms with Crippen molar-refractivity contribution in [1.29, 1.82) is 0 Å². The number of hydrogen-bond donors (Lipinski definition) is 2. The van der Waals surface area contributed by atoms with E-state index in [4.69, 9.17) is 5.11 Å². The number of nitrogens with one attached hydrogen (secondary N) is 1. The van der Waals surface area contributed by atoms with Gasteiger partial charge < -0.3 is 11.8 Å². The van der Waals surface area contributed by atoms with Gasteiger partial charge in [0.1, 0.15) is 6.04 Å². The molecule has 0 aliphatic heterocycles. The van der Waals surface area contributed by atoms with E-state index >= 15 is 0 Å². The van der Waals surface area contributed by atoms with Gasteiger partial charge in [0.05, 0.1) is 0 Å². The van der Waals surface area contributed by atoms with E-state index in [1.807, 2.05) is 0 Å². The molecule has 0 aliphatic carbocycles. The van der Waals surface area contributed by atoms with Crippen molar-refractivity contribution in [3.05, 3.63) is 0 Å². The molecule has 0 amide bonds. The zero-order valence-electron chi connectivity index (χ0n) is 12.8. The predicted molar refractivity (Wildman–Crippen MR) is 68.8 cm³/mol. The number of aliphatic carboxylic acids is 1. The average Bonchev–Trinajstić information content (AvgIpc) is 2.26. The summed E-state index contributed by atoms with van der Waals surface area (Å²) in [6, 6.07) is -0.412. The van der Waals surface area contributed by atoms with Gasteiger partial charge in [0.2, 0.25) is 0 Å². The van der Waals surface area contributed by atoms with Gasteiger partial charge in [0, 0.05) is 0 Å². The van der Waals surface area contributed by atoms with Crippen molar-refractivity contribution in [1.82, 2.24) is 5.32 Å². The van der Waals surface area contributed by atoms with Crippen molar-refractivity contribution in [2.75, 3.05) is 6.54 Å². The van der Waals surface area contributed by atoms with E-state index in [9.17, 15) is 4.79 Å². The van der Waals surface area contributed by atoms with Gasteiger partial charge in [-0.1, -0.05) is 51.9 Å². The van der Waals surface area contributed by atoms with Crippen molar-refractivity contribution in [2.45, 2.75) is 71.3 Å². The average molecular weight is 253 g/mol. The first kappa shape index (κ1) is 19.8. The molecular weight excluding hydrogens is 225 g/mol. The first-order valence-electron chi connectivity index (χ1n) is 6.64. The molecule has 0 bridgehead atoms. The van der Waals surface area contributed by atoms with E-state index in [1.54, 1.807) is 6.92 Å². The van der Waals surface area contributed by atoms with Crippen molar-refractivity contribution < 1.29 is 40.9 Å². The van der Waals surface area contributed by atoms with E-state index in [-0.39, 0.29) is 31.0 Å². The number of unbranched alkanes of at least 4 members (excludes halogenated alkanes) is 7. The maximum absolute atomic E-state index is 10.5. The number of carboxylic acid groups (broad SMARTS) is 1. The molecule has 98 valence electrons. The fourth-order valence-corrected chi connectivity index (χ4v) is 1.66. The Morgan fingerprint density at radius 2 is 1.59 bits per heavy atom. The number of hydrogen-bond acceptors (Lipinski definition) is 2. The van der Waals surface area contributed by atoms with Gasteiger partial charge in [-0.2, -0.15) is 0 Å². The van der Waals surface area contributed by atoms with Crippen LogP contribution in [0.25, 0.3) is 0 Å². The SMILES string of the molecule is CCCCCCCCCCN[C@@H](C)C(=O)O.[H-].[Na+]. The smallest absolute Gasteiger partial charge is 1.00 e. The Morgan fingerprint density at radius 3 is 2.06 bits per heavy atom. The summed E-state index contributed by atoms with van der Waals surface area (Å²) in [6.45, 7) is 4.74. The summed E-state index contributed by atoms with van der Waals surface area (Å²) < 4.78 is 0. The zero-order chi connectivity index (χ0) is 12.2. The molecule has 2 N–H and O–H groups in total. The first-order chi connectivity index (χ1) is 7.68. The molecule has 3 nitrogen and oxygen atoms in total. The molecule has 0 aromatic heterocycles. The maximum atomic E-state index is 10.5. The maximum Gasteiger partial charge on any atom is 1.00 e. The summed E-state index contributed by atoms with van der Waals surface area (Å²) >= 11 is 0. The van der Waals surface area contributed by atoms with Crippen molar-refractivity contribution in [3.63, 3.8) is 0 Å². The van der Waals surface area contributed by atoms with Crippen LogP contribution >= 0.6 is 0 Å². The number of carboxylic acids is 1. The zero-order valence-corrected chi connectivity index (χ0v) is 13.8. The monoisotopic (exact) mass is 253 g/mol. The van der Waals surface area contributed by atoms with Gasteiger partial charge in [0.15, 0.2) is 0 Å². The molecule has 0 radical (unpaired) electrons. The molecule has 1 atom stereocenters. The quantitative estimate of drug-likeness (QED) is 0.411. The molecule has 0 aromatic rings. The third-order valence-electron chi connectivity index (χ3n) is 2.85. The summed E-state index contributed by atoms with van der Waals surface area (Å²) in [5, 5.41) is 11.6. The van der Waals surface area contributed by atoms with Crippen LogP contribution in [0.15, 0.2) is 0 Å². The van der Waals surface area contributed by atoms with Crippen LogP contribution in [-0.4, -0.2) is 23.7 Å². The van der Waals surface area contributed by atoms with Crippen LogP contribution < -0.4 is 34.9 Å². The third-order valence-corrected chi connectivity index (χ3v) is 2.85. The van der Waals surface area contributed by atoms with Crippen LogP contribution in [0.4, 0.5) is 0 Å². The minimum atomic E-state index is -0.764. The van der Waals surface area contributed by atoms with Gasteiger partial charge in [-0.3, -0.25) is 4.79 Å².